The minimum absolute atomic E-state index is 0.213. The van der Waals surface area contributed by atoms with Crippen LogP contribution in [-0.2, 0) is 4.74 Å². The molecule has 0 bridgehead atoms. The Bertz CT molecular complexity index is 1420. The van der Waals surface area contributed by atoms with Gasteiger partial charge in [0.05, 0.1) is 12.7 Å². The molecular weight excluding hydrogens is 489 g/mol. The largest absolute Gasteiger partial charge is 0.492 e. The quantitative estimate of drug-likeness (QED) is 0.195. The number of carbonyl (C=O) groups is 2. The van der Waals surface area contributed by atoms with Gasteiger partial charge >= 0.3 is 5.97 Å². The van der Waals surface area contributed by atoms with E-state index in [1.807, 2.05) is 0 Å². The van der Waals surface area contributed by atoms with Crippen LogP contribution in [0.25, 0.3) is 20.5 Å². The van der Waals surface area contributed by atoms with E-state index in [0.29, 0.717) is 49.6 Å². The van der Waals surface area contributed by atoms with Gasteiger partial charge in [-0.1, -0.05) is 30.7 Å². The predicted octanol–water partition coefficient (Wildman–Crippen LogP) is 6.59. The van der Waals surface area contributed by atoms with Gasteiger partial charge in [0.25, 0.3) is 0 Å². The number of nitrogens with zero attached hydrogens (tertiary/aromatic N) is 1. The van der Waals surface area contributed by atoms with Gasteiger partial charge in [-0.15, -0.1) is 11.3 Å². The summed E-state index contributed by atoms with van der Waals surface area (Å²) in [5, 5.41) is 0.669. The lowest BCUT2D eigenvalue weighted by atomic mass is 9.97. The number of rotatable bonds is 8. The zero-order chi connectivity index (χ0) is 25.8. The fraction of sp³-hybridized carbons (Fsp3) is 0.267. The number of thiophene rings is 1. The van der Waals surface area contributed by atoms with Gasteiger partial charge in [-0.05, 0) is 68.4 Å². The van der Waals surface area contributed by atoms with Crippen molar-refractivity contribution in [2.75, 3.05) is 33.4 Å². The summed E-state index contributed by atoms with van der Waals surface area (Å²) in [6.07, 6.45) is 3.79. The van der Waals surface area contributed by atoms with Gasteiger partial charge in [0.15, 0.2) is 5.78 Å². The first-order valence-corrected chi connectivity index (χ1v) is 13.3. The summed E-state index contributed by atoms with van der Waals surface area (Å²) in [4.78, 5) is 28.8. The first-order valence-electron chi connectivity index (χ1n) is 12.4. The fourth-order valence-corrected chi connectivity index (χ4v) is 5.99. The van der Waals surface area contributed by atoms with E-state index in [-0.39, 0.29) is 5.78 Å². The van der Waals surface area contributed by atoms with E-state index in [1.54, 1.807) is 60.7 Å². The average molecular weight is 518 g/mol. The zero-order valence-electron chi connectivity index (χ0n) is 20.7. The summed E-state index contributed by atoms with van der Waals surface area (Å²) in [5.74, 6) is -0.379. The van der Waals surface area contributed by atoms with Crippen LogP contribution >= 0.6 is 11.3 Å². The number of esters is 1. The summed E-state index contributed by atoms with van der Waals surface area (Å²) in [6, 6.07) is 18.5. The van der Waals surface area contributed by atoms with E-state index in [0.717, 1.165) is 19.6 Å². The number of methoxy groups -OCH3 is 1. The molecule has 0 amide bonds. The molecule has 0 radical (unpaired) electrons. The van der Waals surface area contributed by atoms with Crippen LogP contribution in [0.1, 0.15) is 45.5 Å². The molecule has 5 nitrogen and oxygen atoms in total. The molecule has 1 aliphatic rings. The standard InChI is InChI=1S/C30H28FNO4S/c1-35-30(34)21-11-14-24-26(19-21)37-29(23-7-3-4-8-25(23)31)27(24)28(33)20-9-12-22(13-10-20)36-18-17-32-15-5-2-6-16-32/h3-4,7-14,19H,2,5-6,15-18H2,1H3. The van der Waals surface area contributed by atoms with Crippen molar-refractivity contribution in [2.45, 2.75) is 19.3 Å². The summed E-state index contributed by atoms with van der Waals surface area (Å²) < 4.78 is 26.3. The Morgan fingerprint density at radius 1 is 0.946 bits per heavy atom. The Balaban J connectivity index is 1.44. The van der Waals surface area contributed by atoms with Crippen LogP contribution < -0.4 is 4.74 Å². The van der Waals surface area contributed by atoms with Crippen LogP contribution in [0.15, 0.2) is 66.7 Å². The maximum absolute atomic E-state index is 14.8. The third-order valence-electron chi connectivity index (χ3n) is 6.70. The summed E-state index contributed by atoms with van der Waals surface area (Å²) in [5.41, 5.74) is 1.63. The number of carbonyl (C=O) groups excluding carboxylic acids is 2. The monoisotopic (exact) mass is 517 g/mol. The van der Waals surface area contributed by atoms with Crippen molar-refractivity contribution in [3.8, 4) is 16.2 Å². The molecule has 2 heterocycles. The lowest BCUT2D eigenvalue weighted by Gasteiger charge is -2.26. The zero-order valence-corrected chi connectivity index (χ0v) is 21.5. The average Bonchev–Trinajstić information content (AvgIpc) is 3.32. The van der Waals surface area contributed by atoms with Crippen LogP contribution in [0.2, 0.25) is 0 Å². The van der Waals surface area contributed by atoms with Crippen molar-refractivity contribution in [3.05, 3.63) is 89.2 Å². The SMILES string of the molecule is COC(=O)c1ccc2c(C(=O)c3ccc(OCCN4CCCCC4)cc3)c(-c3ccccc3F)sc2c1. The molecule has 0 saturated carbocycles. The second-order valence-corrected chi connectivity index (χ2v) is 10.1. The molecule has 37 heavy (non-hydrogen) atoms. The number of hydrogen-bond donors (Lipinski definition) is 0. The smallest absolute Gasteiger partial charge is 0.337 e. The van der Waals surface area contributed by atoms with E-state index in [9.17, 15) is 14.0 Å². The van der Waals surface area contributed by atoms with Crippen molar-refractivity contribution < 1.29 is 23.5 Å². The van der Waals surface area contributed by atoms with E-state index >= 15 is 0 Å². The lowest BCUT2D eigenvalue weighted by molar-refractivity contribution is 0.0601. The van der Waals surface area contributed by atoms with Crippen molar-refractivity contribution in [2.24, 2.45) is 0 Å². The van der Waals surface area contributed by atoms with Gasteiger partial charge in [0.2, 0.25) is 0 Å². The number of benzene rings is 3. The second kappa shape index (κ2) is 11.2. The number of piperidine rings is 1. The van der Waals surface area contributed by atoms with Crippen molar-refractivity contribution in [1.82, 2.24) is 4.90 Å². The number of fused-ring (bicyclic) bond motifs is 1. The Hall–Kier alpha value is -3.55. The van der Waals surface area contributed by atoms with Gasteiger partial charge in [-0.2, -0.15) is 0 Å². The van der Waals surface area contributed by atoms with Crippen molar-refractivity contribution >= 4 is 33.2 Å². The third kappa shape index (κ3) is 5.43. The van der Waals surface area contributed by atoms with Gasteiger partial charge < -0.3 is 9.47 Å². The number of halogens is 1. The highest BCUT2D eigenvalue weighted by atomic mass is 32.1. The van der Waals surface area contributed by atoms with Crippen LogP contribution in [0.4, 0.5) is 4.39 Å². The van der Waals surface area contributed by atoms with Crippen molar-refractivity contribution in [1.29, 1.82) is 0 Å². The highest BCUT2D eigenvalue weighted by Crippen LogP contribution is 2.41. The Labute approximate surface area is 219 Å². The molecule has 1 aromatic heterocycles. The molecule has 7 heteroatoms. The molecule has 0 aliphatic carbocycles. The fourth-order valence-electron chi connectivity index (χ4n) is 4.72. The van der Waals surface area contributed by atoms with Crippen molar-refractivity contribution in [3.63, 3.8) is 0 Å². The maximum atomic E-state index is 14.8. The molecule has 5 rings (SSSR count). The van der Waals surface area contributed by atoms with Gasteiger partial charge in [0.1, 0.15) is 18.2 Å². The van der Waals surface area contributed by atoms with Gasteiger partial charge in [0, 0.05) is 38.2 Å². The molecule has 1 fully saturated rings. The third-order valence-corrected chi connectivity index (χ3v) is 7.88. The van der Waals surface area contributed by atoms with Gasteiger partial charge in [-0.25, -0.2) is 9.18 Å². The number of hydrogen-bond acceptors (Lipinski definition) is 6. The summed E-state index contributed by atoms with van der Waals surface area (Å²) in [6.45, 7) is 3.73. The highest BCUT2D eigenvalue weighted by molar-refractivity contribution is 7.22. The Morgan fingerprint density at radius 2 is 1.68 bits per heavy atom. The van der Waals surface area contributed by atoms with Gasteiger partial charge in [-0.3, -0.25) is 9.69 Å². The summed E-state index contributed by atoms with van der Waals surface area (Å²) >= 11 is 1.29. The Morgan fingerprint density at radius 3 is 2.41 bits per heavy atom. The maximum Gasteiger partial charge on any atom is 0.337 e. The molecule has 3 aromatic carbocycles. The van der Waals surface area contributed by atoms with Crippen LogP contribution in [0.5, 0.6) is 5.75 Å². The number of ketones is 1. The molecule has 1 aliphatic heterocycles. The van der Waals surface area contributed by atoms with E-state index in [2.05, 4.69) is 4.90 Å². The molecule has 0 atom stereocenters. The molecule has 0 N–H and O–H groups in total. The number of likely N-dealkylation sites (tertiary alicyclic amines) is 1. The normalized spacial score (nSPS) is 14.0. The predicted molar refractivity (Wildman–Crippen MR) is 144 cm³/mol. The summed E-state index contributed by atoms with van der Waals surface area (Å²) in [7, 11) is 1.32. The van der Waals surface area contributed by atoms with E-state index in [4.69, 9.17) is 9.47 Å². The minimum atomic E-state index is -0.466. The molecule has 4 aromatic rings. The van der Waals surface area contributed by atoms with Crippen LogP contribution in [0, 0.1) is 5.82 Å². The topological polar surface area (TPSA) is 55.8 Å². The Kier molecular flexibility index (Phi) is 7.63. The molecular formula is C30H28FNO4S. The highest BCUT2D eigenvalue weighted by Gasteiger charge is 2.24. The minimum Gasteiger partial charge on any atom is -0.492 e. The molecule has 1 saturated heterocycles. The van der Waals surface area contributed by atoms with E-state index in [1.165, 1.54) is 43.8 Å². The van der Waals surface area contributed by atoms with E-state index < -0.39 is 11.8 Å². The molecule has 0 spiro atoms. The van der Waals surface area contributed by atoms with Crippen LogP contribution in [-0.4, -0.2) is 50.0 Å². The molecule has 190 valence electrons. The van der Waals surface area contributed by atoms with Crippen LogP contribution in [0.3, 0.4) is 0 Å². The molecule has 0 unspecified atom stereocenters. The first kappa shape index (κ1) is 25.1. The number of ether oxygens (including phenoxy) is 2. The first-order chi connectivity index (χ1) is 18.0. The lowest BCUT2D eigenvalue weighted by Crippen LogP contribution is -2.33. The second-order valence-electron chi connectivity index (χ2n) is 9.09.